The molecule has 0 spiro atoms. The van der Waals surface area contributed by atoms with Crippen LogP contribution in [0.2, 0.25) is 0 Å². The smallest absolute Gasteiger partial charge is 0.490 e. The van der Waals surface area contributed by atoms with Gasteiger partial charge >= 0.3 is 11.5 Å². The van der Waals surface area contributed by atoms with Gasteiger partial charge in [-0.2, -0.15) is 13.2 Å². The van der Waals surface area contributed by atoms with E-state index in [9.17, 15) is 31.2 Å². The molecule has 9 nitrogen and oxygen atoms in total. The summed E-state index contributed by atoms with van der Waals surface area (Å²) in [5, 5.41) is 0. The predicted molar refractivity (Wildman–Crippen MR) is 132 cm³/mol. The normalized spacial score (nSPS) is 17.4. The zero-order chi connectivity index (χ0) is 27.7. The Morgan fingerprint density at radius 2 is 1.79 bits per heavy atom. The van der Waals surface area contributed by atoms with Crippen molar-refractivity contribution in [2.75, 3.05) is 24.6 Å². The lowest BCUT2D eigenvalue weighted by Gasteiger charge is -2.28. The lowest BCUT2D eigenvalue weighted by atomic mass is 10.0. The Morgan fingerprint density at radius 1 is 1.08 bits per heavy atom. The summed E-state index contributed by atoms with van der Waals surface area (Å²) in [7, 11) is -5.57. The van der Waals surface area contributed by atoms with Gasteiger partial charge in [-0.3, -0.25) is 9.78 Å². The summed E-state index contributed by atoms with van der Waals surface area (Å²) in [6.45, 7) is 4.83. The molecule has 0 unspecified atom stereocenters. The van der Waals surface area contributed by atoms with Crippen LogP contribution in [-0.2, 0) is 21.2 Å². The second-order valence-electron chi connectivity index (χ2n) is 9.11. The van der Waals surface area contributed by atoms with Crippen LogP contribution < -0.4 is 9.64 Å². The molecule has 2 aromatic rings. The van der Waals surface area contributed by atoms with Crippen LogP contribution in [0, 0.1) is 0 Å². The van der Waals surface area contributed by atoms with Crippen molar-refractivity contribution in [1.29, 1.82) is 0 Å². The maximum absolute atomic E-state index is 13.4. The van der Waals surface area contributed by atoms with Crippen molar-refractivity contribution in [2.45, 2.75) is 36.3 Å². The Hall–Kier alpha value is -3.87. The van der Waals surface area contributed by atoms with Crippen molar-refractivity contribution in [3.8, 4) is 5.75 Å². The first kappa shape index (κ1) is 27.2. The Morgan fingerprint density at radius 3 is 2.42 bits per heavy atom. The summed E-state index contributed by atoms with van der Waals surface area (Å²) < 4.78 is 67.9. The minimum atomic E-state index is -5.57. The van der Waals surface area contributed by atoms with Gasteiger partial charge in [0.15, 0.2) is 0 Å². The number of amides is 3. The van der Waals surface area contributed by atoms with Gasteiger partial charge in [0, 0.05) is 18.3 Å². The first-order valence-electron chi connectivity index (χ1n) is 11.5. The number of alkyl halides is 3. The van der Waals surface area contributed by atoms with Gasteiger partial charge in [0.25, 0.3) is 15.7 Å². The molecule has 1 saturated heterocycles. The van der Waals surface area contributed by atoms with E-state index in [0.717, 1.165) is 35.7 Å². The lowest BCUT2D eigenvalue weighted by molar-refractivity contribution is -0.123. The molecule has 38 heavy (non-hydrogen) atoms. The van der Waals surface area contributed by atoms with Crippen LogP contribution in [0.25, 0.3) is 0 Å². The molecule has 202 valence electrons. The van der Waals surface area contributed by atoms with Crippen molar-refractivity contribution in [2.24, 2.45) is 0 Å². The summed E-state index contributed by atoms with van der Waals surface area (Å²) in [4.78, 5) is 33.9. The van der Waals surface area contributed by atoms with E-state index < -0.39 is 37.7 Å². The zero-order valence-electron chi connectivity index (χ0n) is 20.6. The molecular weight excluding hydrogens is 525 g/mol. The molecule has 0 N–H and O–H groups in total. The number of hydrogen-bond acceptors (Lipinski definition) is 7. The standard InChI is InChI=1S/C25H25F3N4O5S/c1-24(2)22(33)32(19-6-8-20(9-7-19)38(35,36)25(26,27)28)23(34)31(24)17-18-10-11-29-16-21(18)37-15-14-30-12-4-3-5-13-30/h3-12,16H,13-15,17H2,1-2H3. The van der Waals surface area contributed by atoms with Crippen LogP contribution in [0.15, 0.2) is 72.0 Å². The van der Waals surface area contributed by atoms with Gasteiger partial charge in [0.2, 0.25) is 0 Å². The molecule has 0 bridgehead atoms. The number of benzene rings is 1. The molecule has 4 rings (SSSR count). The first-order valence-corrected chi connectivity index (χ1v) is 13.0. The molecule has 0 atom stereocenters. The molecule has 0 radical (unpaired) electrons. The Bertz CT molecular complexity index is 1390. The summed E-state index contributed by atoms with van der Waals surface area (Å²) in [5.41, 5.74) is -6.22. The largest absolute Gasteiger partial charge is 0.501 e. The van der Waals surface area contributed by atoms with Gasteiger partial charge in [0.1, 0.15) is 17.9 Å². The number of rotatable bonds is 8. The van der Waals surface area contributed by atoms with E-state index >= 15 is 0 Å². The van der Waals surface area contributed by atoms with E-state index in [0.29, 0.717) is 24.5 Å². The monoisotopic (exact) mass is 550 g/mol. The van der Waals surface area contributed by atoms with Crippen LogP contribution in [-0.4, -0.2) is 65.9 Å². The number of carbonyl (C=O) groups excluding carboxylic acids is 2. The molecule has 1 fully saturated rings. The highest BCUT2D eigenvalue weighted by Gasteiger charge is 2.52. The molecule has 0 saturated carbocycles. The minimum absolute atomic E-state index is 0.00117. The average molecular weight is 551 g/mol. The number of hydrogen-bond donors (Lipinski definition) is 0. The number of sulfone groups is 1. The highest BCUT2D eigenvalue weighted by Crippen LogP contribution is 2.36. The van der Waals surface area contributed by atoms with Crippen LogP contribution in [0.4, 0.5) is 23.7 Å². The number of pyridine rings is 1. The van der Waals surface area contributed by atoms with Crippen molar-refractivity contribution >= 4 is 27.5 Å². The maximum atomic E-state index is 13.4. The summed E-state index contributed by atoms with van der Waals surface area (Å²) >= 11 is 0. The number of imide groups is 1. The molecular formula is C25H25F3N4O5S. The van der Waals surface area contributed by atoms with Crippen LogP contribution in [0.1, 0.15) is 19.4 Å². The molecule has 3 amide bonds. The van der Waals surface area contributed by atoms with Crippen LogP contribution in [0.5, 0.6) is 5.75 Å². The minimum Gasteiger partial charge on any atom is -0.490 e. The van der Waals surface area contributed by atoms with Gasteiger partial charge < -0.3 is 14.5 Å². The third-order valence-electron chi connectivity index (χ3n) is 6.25. The van der Waals surface area contributed by atoms with Gasteiger partial charge in [-0.05, 0) is 56.5 Å². The first-order chi connectivity index (χ1) is 17.8. The van der Waals surface area contributed by atoms with E-state index in [1.165, 1.54) is 17.3 Å². The Balaban J connectivity index is 1.52. The number of urea groups is 1. The molecule has 13 heteroatoms. The SMILES string of the molecule is CC1(C)C(=O)N(c2ccc(S(=O)(=O)C(F)(F)F)cc2)C(=O)N1Cc1ccncc1OCCN1C=CC=CC1. The molecule has 0 aliphatic carbocycles. The fourth-order valence-electron chi connectivity index (χ4n) is 4.02. The van der Waals surface area contributed by atoms with Gasteiger partial charge in [-0.1, -0.05) is 12.2 Å². The number of anilines is 1. The van der Waals surface area contributed by atoms with Crippen molar-refractivity contribution in [1.82, 2.24) is 14.8 Å². The highest BCUT2D eigenvalue weighted by atomic mass is 32.2. The van der Waals surface area contributed by atoms with Crippen molar-refractivity contribution in [3.05, 3.63) is 72.7 Å². The Kier molecular flexibility index (Phi) is 7.24. The number of allylic oxidation sites excluding steroid dienone is 2. The van der Waals surface area contributed by atoms with E-state index in [2.05, 4.69) is 9.88 Å². The molecule has 2 aliphatic heterocycles. The average Bonchev–Trinajstić information content (AvgIpc) is 3.04. The number of ether oxygens (including phenoxy) is 1. The summed E-state index contributed by atoms with van der Waals surface area (Å²) in [6, 6.07) is 4.40. The van der Waals surface area contributed by atoms with Crippen molar-refractivity contribution in [3.63, 3.8) is 0 Å². The lowest BCUT2D eigenvalue weighted by Crippen LogP contribution is -2.43. The number of carbonyl (C=O) groups is 2. The third kappa shape index (κ3) is 5.10. The van der Waals surface area contributed by atoms with E-state index in [4.69, 9.17) is 4.74 Å². The highest BCUT2D eigenvalue weighted by molar-refractivity contribution is 7.92. The fourth-order valence-corrected chi connectivity index (χ4v) is 4.78. The third-order valence-corrected chi connectivity index (χ3v) is 7.75. The van der Waals surface area contributed by atoms with E-state index in [1.807, 2.05) is 24.4 Å². The fraction of sp³-hybridized carbons (Fsp3) is 0.320. The topological polar surface area (TPSA) is 100 Å². The van der Waals surface area contributed by atoms with Crippen molar-refractivity contribution < 1.29 is 35.9 Å². The number of aromatic nitrogens is 1. The zero-order valence-corrected chi connectivity index (χ0v) is 21.4. The maximum Gasteiger partial charge on any atom is 0.501 e. The second kappa shape index (κ2) is 10.1. The van der Waals surface area contributed by atoms with E-state index in [-0.39, 0.29) is 12.2 Å². The molecule has 2 aliphatic rings. The summed E-state index contributed by atoms with van der Waals surface area (Å²) in [5.74, 6) is -0.171. The van der Waals surface area contributed by atoms with E-state index in [1.54, 1.807) is 19.9 Å². The predicted octanol–water partition coefficient (Wildman–Crippen LogP) is 3.89. The summed E-state index contributed by atoms with van der Waals surface area (Å²) in [6.07, 6.45) is 10.9. The van der Waals surface area contributed by atoms with Crippen LogP contribution >= 0.6 is 0 Å². The van der Waals surface area contributed by atoms with Crippen LogP contribution in [0.3, 0.4) is 0 Å². The quantitative estimate of drug-likeness (QED) is 0.460. The molecule has 1 aromatic carbocycles. The molecule has 1 aromatic heterocycles. The number of nitrogens with zero attached hydrogens (tertiary/aromatic N) is 4. The number of halogens is 3. The molecule has 3 heterocycles. The van der Waals surface area contributed by atoms with Gasteiger partial charge in [-0.25, -0.2) is 18.1 Å². The van der Waals surface area contributed by atoms with Gasteiger partial charge in [-0.15, -0.1) is 0 Å². The second-order valence-corrected chi connectivity index (χ2v) is 11.0. The van der Waals surface area contributed by atoms with Gasteiger partial charge in [0.05, 0.1) is 29.9 Å². The Labute approximate surface area is 217 Å².